The summed E-state index contributed by atoms with van der Waals surface area (Å²) in [6.45, 7) is 6.57. The molecule has 0 amide bonds. The fourth-order valence-electron chi connectivity index (χ4n) is 3.00. The van der Waals surface area contributed by atoms with Crippen LogP contribution < -0.4 is 5.32 Å². The molecule has 1 aliphatic rings. The lowest BCUT2D eigenvalue weighted by molar-refractivity contribution is 0.0509. The minimum absolute atomic E-state index is 0.709. The quantitative estimate of drug-likeness (QED) is 0.701. The van der Waals surface area contributed by atoms with Gasteiger partial charge in [-0.25, -0.2) is 0 Å². The number of hydrogen-bond acceptors (Lipinski definition) is 2. The first kappa shape index (κ1) is 15.0. The lowest BCUT2D eigenvalue weighted by Gasteiger charge is -2.32. The van der Waals surface area contributed by atoms with Crippen molar-refractivity contribution in [2.24, 2.45) is 11.8 Å². The maximum atomic E-state index is 5.46. The maximum absolute atomic E-state index is 5.46. The first-order chi connectivity index (χ1) is 8.31. The van der Waals surface area contributed by atoms with Crippen molar-refractivity contribution >= 4 is 0 Å². The van der Waals surface area contributed by atoms with E-state index in [1.54, 1.807) is 0 Å². The minimum Gasteiger partial charge on any atom is -0.381 e. The van der Waals surface area contributed by atoms with E-state index in [1.165, 1.54) is 44.9 Å². The second-order valence-electron chi connectivity index (χ2n) is 5.50. The van der Waals surface area contributed by atoms with Crippen molar-refractivity contribution in [1.82, 2.24) is 5.32 Å². The fraction of sp³-hybridized carbons (Fsp3) is 1.00. The zero-order chi connectivity index (χ0) is 12.5. The number of hydrogen-bond donors (Lipinski definition) is 1. The van der Waals surface area contributed by atoms with E-state index >= 15 is 0 Å². The number of rotatable bonds is 8. The summed E-state index contributed by atoms with van der Waals surface area (Å²) in [5, 5.41) is 3.56. The van der Waals surface area contributed by atoms with Crippen LogP contribution in [0.25, 0.3) is 0 Å². The zero-order valence-electron chi connectivity index (χ0n) is 12.0. The van der Waals surface area contributed by atoms with Gasteiger partial charge in [-0.05, 0) is 38.1 Å². The van der Waals surface area contributed by atoms with Crippen LogP contribution in [0.4, 0.5) is 0 Å². The van der Waals surface area contributed by atoms with Gasteiger partial charge in [0.2, 0.25) is 0 Å². The Morgan fingerprint density at radius 2 is 1.94 bits per heavy atom. The van der Waals surface area contributed by atoms with Crippen LogP contribution in [0.5, 0.6) is 0 Å². The van der Waals surface area contributed by atoms with E-state index in [0.717, 1.165) is 25.0 Å². The summed E-state index contributed by atoms with van der Waals surface area (Å²) in [5.41, 5.74) is 0. The van der Waals surface area contributed by atoms with Gasteiger partial charge >= 0.3 is 0 Å². The number of unbranched alkanes of at least 4 members (excludes halogenated alkanes) is 1. The molecule has 0 aromatic rings. The molecule has 2 nitrogen and oxygen atoms in total. The molecule has 0 aromatic heterocycles. The summed E-state index contributed by atoms with van der Waals surface area (Å²) in [6, 6.07) is 0.709. The molecule has 102 valence electrons. The molecular weight excluding hydrogens is 210 g/mol. The van der Waals surface area contributed by atoms with E-state index < -0.39 is 0 Å². The van der Waals surface area contributed by atoms with Gasteiger partial charge in [0.25, 0.3) is 0 Å². The first-order valence-corrected chi connectivity index (χ1v) is 7.56. The van der Waals surface area contributed by atoms with E-state index in [9.17, 15) is 0 Å². The van der Waals surface area contributed by atoms with Gasteiger partial charge in [0.1, 0.15) is 0 Å². The largest absolute Gasteiger partial charge is 0.381 e. The molecule has 0 radical (unpaired) electrons. The summed E-state index contributed by atoms with van der Waals surface area (Å²) in [4.78, 5) is 0. The summed E-state index contributed by atoms with van der Waals surface area (Å²) in [6.07, 6.45) is 9.32. The molecule has 0 bridgehead atoms. The molecule has 1 heterocycles. The highest BCUT2D eigenvalue weighted by molar-refractivity contribution is 4.79. The van der Waals surface area contributed by atoms with Crippen LogP contribution in [0.2, 0.25) is 0 Å². The van der Waals surface area contributed by atoms with E-state index in [0.29, 0.717) is 6.04 Å². The Morgan fingerprint density at radius 3 is 2.47 bits per heavy atom. The lowest BCUT2D eigenvalue weighted by atomic mass is 9.83. The van der Waals surface area contributed by atoms with Gasteiger partial charge in [-0.3, -0.25) is 0 Å². The molecule has 1 aliphatic heterocycles. The Balaban J connectivity index is 2.36. The monoisotopic (exact) mass is 241 g/mol. The molecule has 1 saturated heterocycles. The molecule has 1 rings (SSSR count). The molecular formula is C15H31NO. The van der Waals surface area contributed by atoms with Gasteiger partial charge < -0.3 is 10.1 Å². The second-order valence-corrected chi connectivity index (χ2v) is 5.50. The zero-order valence-corrected chi connectivity index (χ0v) is 12.0. The Labute approximate surface area is 108 Å². The smallest absolute Gasteiger partial charge is 0.0469 e. The van der Waals surface area contributed by atoms with Crippen LogP contribution >= 0.6 is 0 Å². The Morgan fingerprint density at radius 1 is 1.24 bits per heavy atom. The van der Waals surface area contributed by atoms with E-state index in [2.05, 4.69) is 26.2 Å². The molecule has 0 aromatic carbocycles. The first-order valence-electron chi connectivity index (χ1n) is 7.56. The molecule has 0 aliphatic carbocycles. The van der Waals surface area contributed by atoms with Crippen molar-refractivity contribution < 1.29 is 4.74 Å². The molecule has 1 N–H and O–H groups in total. The van der Waals surface area contributed by atoms with Crippen molar-refractivity contribution in [2.45, 2.75) is 64.8 Å². The van der Waals surface area contributed by atoms with Gasteiger partial charge in [0, 0.05) is 19.3 Å². The van der Waals surface area contributed by atoms with Crippen LogP contribution in [-0.2, 0) is 4.74 Å². The van der Waals surface area contributed by atoms with Crippen molar-refractivity contribution in [3.63, 3.8) is 0 Å². The highest BCUT2D eigenvalue weighted by atomic mass is 16.5. The van der Waals surface area contributed by atoms with Crippen molar-refractivity contribution in [2.75, 3.05) is 20.3 Å². The van der Waals surface area contributed by atoms with Crippen molar-refractivity contribution in [3.8, 4) is 0 Å². The van der Waals surface area contributed by atoms with Gasteiger partial charge in [-0.2, -0.15) is 0 Å². The van der Waals surface area contributed by atoms with Crippen LogP contribution in [0.3, 0.4) is 0 Å². The molecule has 0 spiro atoms. The predicted octanol–water partition coefficient (Wildman–Crippen LogP) is 3.61. The van der Waals surface area contributed by atoms with Gasteiger partial charge in [0.05, 0.1) is 0 Å². The topological polar surface area (TPSA) is 21.3 Å². The molecule has 17 heavy (non-hydrogen) atoms. The van der Waals surface area contributed by atoms with Crippen LogP contribution in [0, 0.1) is 11.8 Å². The van der Waals surface area contributed by atoms with E-state index in [4.69, 9.17) is 4.74 Å². The third-order valence-electron chi connectivity index (χ3n) is 4.34. The SMILES string of the molecule is CCCCC(CC)CC(NC)C1CCOCC1. The summed E-state index contributed by atoms with van der Waals surface area (Å²) in [5.74, 6) is 1.75. The average molecular weight is 241 g/mol. The summed E-state index contributed by atoms with van der Waals surface area (Å²) >= 11 is 0. The molecule has 2 atom stereocenters. The Hall–Kier alpha value is -0.0800. The summed E-state index contributed by atoms with van der Waals surface area (Å²) < 4.78 is 5.46. The molecule has 2 heteroatoms. The minimum atomic E-state index is 0.709. The normalized spacial score (nSPS) is 21.4. The Bertz CT molecular complexity index is 178. The van der Waals surface area contributed by atoms with Crippen LogP contribution in [0.15, 0.2) is 0 Å². The van der Waals surface area contributed by atoms with Crippen molar-refractivity contribution in [1.29, 1.82) is 0 Å². The molecule has 2 unspecified atom stereocenters. The van der Waals surface area contributed by atoms with Crippen LogP contribution in [-0.4, -0.2) is 26.3 Å². The van der Waals surface area contributed by atoms with Gasteiger partial charge in [-0.1, -0.05) is 39.5 Å². The predicted molar refractivity (Wildman–Crippen MR) is 74.3 cm³/mol. The fourth-order valence-corrected chi connectivity index (χ4v) is 3.00. The number of nitrogens with one attached hydrogen (secondary N) is 1. The van der Waals surface area contributed by atoms with Gasteiger partial charge in [-0.15, -0.1) is 0 Å². The van der Waals surface area contributed by atoms with Crippen LogP contribution in [0.1, 0.15) is 58.8 Å². The third kappa shape index (κ3) is 5.39. The molecule has 1 fully saturated rings. The highest BCUT2D eigenvalue weighted by Crippen LogP contribution is 2.26. The standard InChI is InChI=1S/C15H31NO/c1-4-6-7-13(5-2)12-15(16-3)14-8-10-17-11-9-14/h13-16H,4-12H2,1-3H3. The highest BCUT2D eigenvalue weighted by Gasteiger charge is 2.24. The van der Waals surface area contributed by atoms with Gasteiger partial charge in [0.15, 0.2) is 0 Å². The third-order valence-corrected chi connectivity index (χ3v) is 4.34. The average Bonchev–Trinajstić information content (AvgIpc) is 2.40. The number of ether oxygens (including phenoxy) is 1. The van der Waals surface area contributed by atoms with Crippen molar-refractivity contribution in [3.05, 3.63) is 0 Å². The second kappa shape index (κ2) is 8.93. The Kier molecular flexibility index (Phi) is 7.87. The lowest BCUT2D eigenvalue weighted by Crippen LogP contribution is -2.38. The molecule has 0 saturated carbocycles. The summed E-state index contributed by atoms with van der Waals surface area (Å²) in [7, 11) is 2.13. The van der Waals surface area contributed by atoms with E-state index in [1.807, 2.05) is 0 Å². The van der Waals surface area contributed by atoms with E-state index in [-0.39, 0.29) is 0 Å². The maximum Gasteiger partial charge on any atom is 0.0469 e.